The molecular weight excluding hydrogens is 358 g/mol. The average molecular weight is 377 g/mol. The van der Waals surface area contributed by atoms with E-state index in [9.17, 15) is 4.79 Å². The number of amidine groups is 1. The van der Waals surface area contributed by atoms with Gasteiger partial charge in [-0.2, -0.15) is 0 Å². The highest BCUT2D eigenvalue weighted by Crippen LogP contribution is 2.30. The van der Waals surface area contributed by atoms with Crippen molar-refractivity contribution in [2.45, 2.75) is 26.2 Å². The highest BCUT2D eigenvalue weighted by atomic mass is 32.2. The molecule has 1 fully saturated rings. The topological polar surface area (TPSA) is 67.5 Å². The maximum Gasteiger partial charge on any atom is 0.264 e. The molecule has 1 amide bonds. The second-order valence-corrected chi connectivity index (χ2v) is 8.42. The van der Waals surface area contributed by atoms with E-state index < -0.39 is 0 Å². The number of thioether (sulfide) groups is 1. The number of hydrogen-bond acceptors (Lipinski definition) is 5. The molecule has 4 rings (SSSR count). The number of benzene rings is 2. The van der Waals surface area contributed by atoms with Crippen LogP contribution in [0, 0.1) is 0 Å². The van der Waals surface area contributed by atoms with E-state index >= 15 is 0 Å². The zero-order chi connectivity index (χ0) is 19.0. The van der Waals surface area contributed by atoms with Crippen molar-refractivity contribution < 1.29 is 9.32 Å². The third-order valence-corrected chi connectivity index (χ3v) is 5.09. The van der Waals surface area contributed by atoms with Crippen LogP contribution in [-0.4, -0.2) is 16.2 Å². The summed E-state index contributed by atoms with van der Waals surface area (Å²) in [6, 6.07) is 16.1. The minimum Gasteiger partial charge on any atom is -0.359 e. The summed E-state index contributed by atoms with van der Waals surface area (Å²) in [7, 11) is 0. The number of amides is 1. The summed E-state index contributed by atoms with van der Waals surface area (Å²) >= 11 is 1.30. The van der Waals surface area contributed by atoms with E-state index in [-0.39, 0.29) is 11.3 Å². The number of carbonyl (C=O) groups is 1. The van der Waals surface area contributed by atoms with Gasteiger partial charge < -0.3 is 9.84 Å². The Labute approximate surface area is 161 Å². The van der Waals surface area contributed by atoms with Gasteiger partial charge in [0, 0.05) is 11.5 Å². The molecule has 1 aromatic heterocycles. The summed E-state index contributed by atoms with van der Waals surface area (Å²) in [5.41, 5.74) is 0.836. The molecule has 1 N–H and O–H groups in total. The normalized spacial score (nSPS) is 17.8. The molecule has 0 saturated carbocycles. The van der Waals surface area contributed by atoms with Crippen LogP contribution in [0.3, 0.4) is 0 Å². The minimum atomic E-state index is -0.161. The maximum absolute atomic E-state index is 12.3. The predicted molar refractivity (Wildman–Crippen MR) is 110 cm³/mol. The quantitative estimate of drug-likeness (QED) is 0.637. The Morgan fingerprint density at radius 3 is 2.63 bits per heavy atom. The van der Waals surface area contributed by atoms with Crippen molar-refractivity contribution in [3.05, 3.63) is 64.8 Å². The van der Waals surface area contributed by atoms with Gasteiger partial charge in [-0.3, -0.25) is 4.79 Å². The van der Waals surface area contributed by atoms with Crippen LogP contribution in [0.2, 0.25) is 0 Å². The van der Waals surface area contributed by atoms with E-state index in [1.54, 1.807) is 6.07 Å². The van der Waals surface area contributed by atoms with Crippen LogP contribution >= 0.6 is 11.8 Å². The van der Waals surface area contributed by atoms with Crippen molar-refractivity contribution in [3.63, 3.8) is 0 Å². The van der Waals surface area contributed by atoms with Crippen molar-refractivity contribution in [2.24, 2.45) is 4.99 Å². The monoisotopic (exact) mass is 377 g/mol. The molecule has 136 valence electrons. The van der Waals surface area contributed by atoms with E-state index in [0.29, 0.717) is 15.9 Å². The molecule has 0 radical (unpaired) electrons. The van der Waals surface area contributed by atoms with Gasteiger partial charge in [-0.15, -0.1) is 0 Å². The van der Waals surface area contributed by atoms with Crippen molar-refractivity contribution >= 4 is 45.5 Å². The average Bonchev–Trinajstić information content (AvgIpc) is 3.22. The van der Waals surface area contributed by atoms with Crippen LogP contribution in [0.1, 0.15) is 32.1 Å². The van der Waals surface area contributed by atoms with Crippen molar-refractivity contribution in [1.82, 2.24) is 10.5 Å². The third kappa shape index (κ3) is 3.80. The highest BCUT2D eigenvalue weighted by Gasteiger charge is 2.25. The number of aromatic nitrogens is 1. The summed E-state index contributed by atoms with van der Waals surface area (Å²) < 4.78 is 5.34. The third-order valence-electron chi connectivity index (χ3n) is 4.18. The number of nitrogens with zero attached hydrogens (tertiary/aromatic N) is 2. The van der Waals surface area contributed by atoms with E-state index in [1.165, 1.54) is 17.1 Å². The van der Waals surface area contributed by atoms with Crippen LogP contribution in [-0.2, 0) is 10.2 Å². The van der Waals surface area contributed by atoms with Crippen molar-refractivity contribution in [1.29, 1.82) is 0 Å². The number of nitrogens with one attached hydrogen (secondary N) is 1. The van der Waals surface area contributed by atoms with Gasteiger partial charge in [0.05, 0.1) is 4.91 Å². The van der Waals surface area contributed by atoms with Crippen LogP contribution in [0.4, 0.5) is 5.82 Å². The summed E-state index contributed by atoms with van der Waals surface area (Å²) in [6.45, 7) is 6.13. The summed E-state index contributed by atoms with van der Waals surface area (Å²) in [5, 5.41) is 9.56. The Kier molecular flexibility index (Phi) is 4.36. The summed E-state index contributed by atoms with van der Waals surface area (Å²) in [5.74, 6) is 1.05. The SMILES string of the molecule is CC(C)(C)c1cc(N=C2NC(=O)/C(=C\c3ccc4ccccc4c3)S2)no1. The summed E-state index contributed by atoms with van der Waals surface area (Å²) in [4.78, 5) is 17.3. The molecule has 1 saturated heterocycles. The number of rotatable bonds is 2. The molecule has 0 unspecified atom stereocenters. The smallest absolute Gasteiger partial charge is 0.264 e. The van der Waals surface area contributed by atoms with Crippen molar-refractivity contribution in [3.8, 4) is 0 Å². The van der Waals surface area contributed by atoms with Gasteiger partial charge in [-0.1, -0.05) is 62.3 Å². The second-order valence-electron chi connectivity index (χ2n) is 7.39. The first kappa shape index (κ1) is 17.5. The molecule has 0 spiro atoms. The Bertz CT molecular complexity index is 1090. The Balaban J connectivity index is 1.57. The van der Waals surface area contributed by atoms with Gasteiger partial charge in [-0.05, 0) is 40.2 Å². The zero-order valence-electron chi connectivity index (χ0n) is 15.3. The zero-order valence-corrected chi connectivity index (χ0v) is 16.1. The van der Waals surface area contributed by atoms with Gasteiger partial charge >= 0.3 is 0 Å². The fourth-order valence-electron chi connectivity index (χ4n) is 2.71. The lowest BCUT2D eigenvalue weighted by molar-refractivity contribution is -0.115. The van der Waals surface area contributed by atoms with Gasteiger partial charge in [-0.25, -0.2) is 4.99 Å². The number of hydrogen-bond donors (Lipinski definition) is 1. The highest BCUT2D eigenvalue weighted by molar-refractivity contribution is 8.18. The van der Waals surface area contributed by atoms with Gasteiger partial charge in [0.2, 0.25) is 0 Å². The molecule has 0 bridgehead atoms. The molecule has 1 aliphatic rings. The molecule has 3 aromatic rings. The number of carbonyl (C=O) groups excluding carboxylic acids is 1. The first-order valence-electron chi connectivity index (χ1n) is 8.64. The fourth-order valence-corrected chi connectivity index (χ4v) is 3.54. The molecular formula is C21H19N3O2S. The van der Waals surface area contributed by atoms with E-state index in [1.807, 2.05) is 45.0 Å². The first-order valence-corrected chi connectivity index (χ1v) is 9.46. The minimum absolute atomic E-state index is 0.140. The van der Waals surface area contributed by atoms with Crippen LogP contribution in [0.25, 0.3) is 16.8 Å². The lowest BCUT2D eigenvalue weighted by atomic mass is 9.93. The molecule has 0 atom stereocenters. The fraction of sp³-hybridized carbons (Fsp3) is 0.190. The molecule has 0 aliphatic carbocycles. The van der Waals surface area contributed by atoms with Crippen LogP contribution in [0.5, 0.6) is 0 Å². The van der Waals surface area contributed by atoms with E-state index in [4.69, 9.17) is 4.52 Å². The van der Waals surface area contributed by atoms with Crippen molar-refractivity contribution in [2.75, 3.05) is 0 Å². The molecule has 2 heterocycles. The van der Waals surface area contributed by atoms with Crippen LogP contribution in [0.15, 0.2) is 63.0 Å². The van der Waals surface area contributed by atoms with Gasteiger partial charge in [0.15, 0.2) is 11.0 Å². The Morgan fingerprint density at radius 2 is 1.89 bits per heavy atom. The number of aliphatic imine (C=N–C) groups is 1. The molecule has 5 nitrogen and oxygen atoms in total. The van der Waals surface area contributed by atoms with Gasteiger partial charge in [0.25, 0.3) is 5.91 Å². The number of fused-ring (bicyclic) bond motifs is 1. The summed E-state index contributed by atoms with van der Waals surface area (Å²) in [6.07, 6.45) is 1.87. The standard InChI is InChI=1S/C21H19N3O2S/c1-21(2,3)17-12-18(24-26-17)22-20-23-19(25)16(27-20)11-13-8-9-14-6-4-5-7-15(14)10-13/h4-12H,1-3H3,(H,22,23,24,25)/b16-11+. The lowest BCUT2D eigenvalue weighted by Crippen LogP contribution is -2.19. The Morgan fingerprint density at radius 1 is 1.11 bits per heavy atom. The largest absolute Gasteiger partial charge is 0.359 e. The Hall–Kier alpha value is -2.86. The predicted octanol–water partition coefficient (Wildman–Crippen LogP) is 5.02. The van der Waals surface area contributed by atoms with E-state index in [0.717, 1.165) is 16.7 Å². The van der Waals surface area contributed by atoms with E-state index in [2.05, 4.69) is 39.7 Å². The molecule has 2 aromatic carbocycles. The lowest BCUT2D eigenvalue weighted by Gasteiger charge is -2.11. The molecule has 27 heavy (non-hydrogen) atoms. The first-order chi connectivity index (χ1) is 12.9. The van der Waals surface area contributed by atoms with Gasteiger partial charge in [0.1, 0.15) is 5.76 Å². The second kappa shape index (κ2) is 6.70. The van der Waals surface area contributed by atoms with Crippen LogP contribution < -0.4 is 5.32 Å². The molecule has 1 aliphatic heterocycles. The molecule has 6 heteroatoms. The maximum atomic E-state index is 12.3.